The van der Waals surface area contributed by atoms with E-state index in [1.165, 1.54) is 0 Å². The van der Waals surface area contributed by atoms with E-state index < -0.39 is 78.6 Å². The van der Waals surface area contributed by atoms with Gasteiger partial charge in [0.25, 0.3) is 0 Å². The molecule has 0 aliphatic carbocycles. The van der Waals surface area contributed by atoms with Crippen molar-refractivity contribution in [3.63, 3.8) is 0 Å². The van der Waals surface area contributed by atoms with Crippen LogP contribution in [0.15, 0.2) is 266 Å². The van der Waals surface area contributed by atoms with Gasteiger partial charge in [-0.15, -0.1) is 0 Å². The Hall–Kier alpha value is -8.17. The third-order valence-corrected chi connectivity index (χ3v) is 15.2. The average molecular weight is 1610 g/mol. The van der Waals surface area contributed by atoms with Crippen molar-refractivity contribution >= 4 is 47.0 Å². The first-order valence-electron chi connectivity index (χ1n) is 40.0. The number of cyclic esters (lactones) is 2. The maximum atomic E-state index is 11.7. The Bertz CT molecular complexity index is 3140. The zero-order valence-electron chi connectivity index (χ0n) is 69.2. The van der Waals surface area contributed by atoms with Crippen LogP contribution < -0.4 is 29.6 Å². The van der Waals surface area contributed by atoms with Gasteiger partial charge in [0.15, 0.2) is 23.7 Å². The quantitative estimate of drug-likeness (QED) is 0.00566. The van der Waals surface area contributed by atoms with Crippen LogP contribution in [0.25, 0.3) is 0 Å². The molecule has 18 nitrogen and oxygen atoms in total. The Morgan fingerprint density at radius 2 is 0.605 bits per heavy atom. The molecule has 0 spiro atoms. The molecule has 8 N–H and O–H groups in total. The van der Waals surface area contributed by atoms with Crippen LogP contribution >= 0.6 is 11.6 Å². The molecule has 0 aromatic carbocycles. The average Bonchev–Trinajstić information content (AvgIpc) is 1.70. The summed E-state index contributed by atoms with van der Waals surface area (Å²) in [7, 11) is 0. The number of carbonyl (C=O) groups is 5. The predicted molar refractivity (Wildman–Crippen MR) is 463 cm³/mol. The van der Waals surface area contributed by atoms with Gasteiger partial charge >= 0.3 is 53.4 Å². The molecule has 2 rings (SSSR count). The second kappa shape index (κ2) is 92.0. The van der Waals surface area contributed by atoms with Crippen LogP contribution in [0.2, 0.25) is 0 Å². The fraction of sp³-hybridized carbons (Fsp3) is 0.468. The van der Waals surface area contributed by atoms with Gasteiger partial charge in [-0.2, -0.15) is 6.42 Å². The Balaban J connectivity index is -0.000000445. The van der Waals surface area contributed by atoms with E-state index in [0.29, 0.717) is 32.3 Å². The summed E-state index contributed by atoms with van der Waals surface area (Å²) in [5, 5.41) is 63.3. The van der Waals surface area contributed by atoms with Gasteiger partial charge in [-0.1, -0.05) is 277 Å². The minimum Gasteiger partial charge on any atom is -0.870 e. The molecular weight excluding hydrogens is 1480 g/mol. The normalized spacial score (nSPS) is 15.4. The molecule has 114 heavy (non-hydrogen) atoms. The first kappa shape index (κ1) is 114. The molecule has 2 aliphatic heterocycles. The third kappa shape index (κ3) is 80.4. The summed E-state index contributed by atoms with van der Waals surface area (Å²) in [4.78, 5) is 65.0. The van der Waals surface area contributed by atoms with Crippen LogP contribution in [0.5, 0.6) is 0 Å². The minimum atomic E-state index is -1.45. The topological polar surface area (TPSA) is 311 Å². The van der Waals surface area contributed by atoms with Gasteiger partial charge in [-0.3, -0.25) is 20.7 Å². The summed E-state index contributed by atoms with van der Waals surface area (Å²) in [6.45, 7) is 9.77. The largest absolute Gasteiger partial charge is 1.00 e. The second-order valence-corrected chi connectivity index (χ2v) is 25.2. The number of allylic oxidation sites excluding steroid dienone is 40. The number of ether oxygens (including phenoxy) is 4. The van der Waals surface area contributed by atoms with E-state index in [4.69, 9.17) is 41.5 Å². The Morgan fingerprint density at radius 3 is 0.825 bits per heavy atom. The summed E-state index contributed by atoms with van der Waals surface area (Å²) in [6.07, 6.45) is 112. The van der Waals surface area contributed by atoms with E-state index in [9.17, 15) is 44.1 Å². The van der Waals surface area contributed by atoms with Crippen molar-refractivity contribution in [1.82, 2.24) is 0 Å². The van der Waals surface area contributed by atoms with E-state index in [2.05, 4.69) is 268 Å². The number of esters is 4. The van der Waals surface area contributed by atoms with Crippen molar-refractivity contribution in [2.45, 2.75) is 265 Å². The molecular formula is C94H137ClNaO18-. The molecule has 0 aromatic heterocycles. The SMILES string of the molecule is CC/C=C\C/C=C\C/C=C\C/C=C\C/C=C\CCCC(=O)Cl.CC/C=C\C/C=C\C/C=C\C/C=C\C/C=C\CCCC(=O)OCC.CC/C=C\C/C=C\C/C=C\C/C=C\C/C=C\CCCC(=O)OC[C@H](O)[C@H]1OC(=O)C(O)=C1O.CC/C=C\C/C=C\C/C=C\C/C=C\C/C=C\CCC[C-]=O.O=C1O[C@H]([C@@H](O)CO)C(O)=C1O.[Na+].[OH-]. The van der Waals surface area contributed by atoms with E-state index in [1.807, 2.05) is 25.4 Å². The van der Waals surface area contributed by atoms with Crippen LogP contribution in [-0.2, 0) is 47.7 Å². The number of unbranched alkanes of at least 4 members (excludes halogenated alkanes) is 5. The number of halogens is 1. The van der Waals surface area contributed by atoms with Gasteiger partial charge in [-0.25, -0.2) is 9.59 Å². The summed E-state index contributed by atoms with van der Waals surface area (Å²) < 4.78 is 18.7. The molecule has 0 saturated carbocycles. The van der Waals surface area contributed by atoms with Gasteiger partial charge < -0.3 is 65.0 Å². The Morgan fingerprint density at radius 1 is 0.377 bits per heavy atom. The van der Waals surface area contributed by atoms with Crippen molar-refractivity contribution in [2.75, 3.05) is 19.8 Å². The maximum absolute atomic E-state index is 11.7. The fourth-order valence-electron chi connectivity index (χ4n) is 8.97. The van der Waals surface area contributed by atoms with Crippen molar-refractivity contribution in [3.05, 3.63) is 266 Å². The van der Waals surface area contributed by atoms with E-state index >= 15 is 0 Å². The molecule has 0 radical (unpaired) electrons. The molecule has 4 atom stereocenters. The van der Waals surface area contributed by atoms with Crippen molar-refractivity contribution < 1.29 is 118 Å². The van der Waals surface area contributed by atoms with E-state index in [-0.39, 0.29) is 52.7 Å². The zero-order chi connectivity index (χ0) is 83.1. The fourth-order valence-corrected chi connectivity index (χ4v) is 9.11. The van der Waals surface area contributed by atoms with Crippen LogP contribution in [0.4, 0.5) is 0 Å². The molecule has 630 valence electrons. The van der Waals surface area contributed by atoms with Crippen LogP contribution in [-0.4, -0.2) is 121 Å². The van der Waals surface area contributed by atoms with Gasteiger partial charge in [-0.05, 0) is 192 Å². The molecule has 0 bridgehead atoms. The Labute approximate surface area is 711 Å². The second-order valence-electron chi connectivity index (χ2n) is 24.8. The maximum Gasteiger partial charge on any atom is 1.00 e. The minimum absolute atomic E-state index is 0. The van der Waals surface area contributed by atoms with Gasteiger partial charge in [0.1, 0.15) is 18.8 Å². The number of aliphatic hydroxyl groups excluding tert-OH is 7. The third-order valence-electron chi connectivity index (χ3n) is 15.0. The van der Waals surface area contributed by atoms with Crippen molar-refractivity contribution in [3.8, 4) is 0 Å². The number of hydrogen-bond donors (Lipinski definition) is 7. The number of aliphatic hydroxyl groups is 7. The standard InChI is InChI=1S/C26H36O7.C22H34O2.C20H29ClO.C20H29O.C6H8O6.Na.H2O/c1-2-3-4-5-6-7-8-9-10-11-12-13-14-15-16-17-18-19-22(28)32-20-21(27)25-23(29)24(30)26(31)33-25;1-3-5-6-7-8-9-10-11-12-13-14-15-16-17-18-19-20-21-22(23)24-4-2;1-2-3-4-5-6-7-8-9-10-11-12-13-14-15-16-17-18-19-20(21)22;1-2-3-4-5-6-7-8-9-10-11-12-13-14-15-16-17-18-19-20-21;7-1-2(8)5-3(9)4(10)6(11)12-5;;/h3-4,6-7,9-10,12-13,15-16,21,25,27,29-30H,2,5,8,11,14,17-20H2,1H3;5-6,8-9,11-12,14-15,17-18H,3-4,7,10,13,16,19-21H2,1-2H3;3-4,6-7,9-10,12-13,15-16H,2,5,8,11,14,17-19H2,1H3;3-4,6-7,9-10,12-13,15-16H,2,5,8,11,14,17-19H2,1H3;2,5,7-10H,1H2;;1H2/q;;;-1;;+1;/p-1/b4-3-,7-6-,10-9-,13-12-,16-15-;6-5-,9-8-,12-11-,15-14-,18-17-;2*4-3-,7-6-,10-9-,13-12-,16-15-;;;/t21-,25+;;;;2-,5+;;/m0...0../s1. The van der Waals surface area contributed by atoms with Crippen LogP contribution in [0.1, 0.15) is 240 Å². The molecule has 2 aliphatic rings. The smallest absolute Gasteiger partial charge is 0.870 e. The molecule has 0 unspecified atom stereocenters. The molecule has 0 aromatic rings. The van der Waals surface area contributed by atoms with E-state index in [0.717, 1.165) is 173 Å². The number of hydrogen-bond acceptors (Lipinski definition) is 18. The molecule has 20 heteroatoms. The van der Waals surface area contributed by atoms with Gasteiger partial charge in [0.05, 0.1) is 13.2 Å². The molecule has 0 saturated heterocycles. The number of rotatable bonds is 58. The predicted octanol–water partition coefficient (Wildman–Crippen LogP) is 19.6. The van der Waals surface area contributed by atoms with Crippen molar-refractivity contribution in [1.29, 1.82) is 0 Å². The summed E-state index contributed by atoms with van der Waals surface area (Å²) in [6, 6.07) is 0. The summed E-state index contributed by atoms with van der Waals surface area (Å²) >= 11 is 5.26. The summed E-state index contributed by atoms with van der Waals surface area (Å²) in [5.41, 5.74) is 0. The molecule has 2 heterocycles. The van der Waals surface area contributed by atoms with Gasteiger partial charge in [0.2, 0.25) is 16.8 Å². The van der Waals surface area contributed by atoms with Crippen LogP contribution in [0, 0.1) is 0 Å². The molecule has 0 amide bonds. The number of carbonyl (C=O) groups excluding carboxylic acids is 6. The van der Waals surface area contributed by atoms with Crippen LogP contribution in [0.3, 0.4) is 0 Å². The summed E-state index contributed by atoms with van der Waals surface area (Å²) in [5.74, 6) is -6.20. The van der Waals surface area contributed by atoms with Gasteiger partial charge in [0, 0.05) is 19.3 Å². The Kier molecular flexibility index (Phi) is 92.3. The van der Waals surface area contributed by atoms with Crippen molar-refractivity contribution in [2.24, 2.45) is 0 Å². The zero-order valence-corrected chi connectivity index (χ0v) is 71.9. The first-order valence-corrected chi connectivity index (χ1v) is 40.4. The monoisotopic (exact) mass is 1610 g/mol. The van der Waals surface area contributed by atoms with E-state index in [1.54, 1.807) is 0 Å². The molecule has 0 fully saturated rings. The first-order chi connectivity index (χ1) is 54.5.